The second-order valence-corrected chi connectivity index (χ2v) is 6.67. The second-order valence-electron chi connectivity index (χ2n) is 6.26. The van der Waals surface area contributed by atoms with Gasteiger partial charge in [0.2, 0.25) is 5.91 Å². The lowest BCUT2D eigenvalue weighted by molar-refractivity contribution is -0.117. The molecule has 0 spiro atoms. The summed E-state index contributed by atoms with van der Waals surface area (Å²) in [5.74, 6) is -0.489. The fourth-order valence-corrected chi connectivity index (χ4v) is 3.34. The molecule has 2 aromatic carbocycles. The van der Waals surface area contributed by atoms with Crippen LogP contribution >= 0.6 is 11.6 Å². The van der Waals surface area contributed by atoms with Crippen LogP contribution < -0.4 is 4.90 Å². The van der Waals surface area contributed by atoms with Gasteiger partial charge >= 0.3 is 0 Å². The smallest absolute Gasteiger partial charge is 0.254 e. The van der Waals surface area contributed by atoms with Crippen LogP contribution in [0.2, 0.25) is 5.02 Å². The summed E-state index contributed by atoms with van der Waals surface area (Å²) in [6.45, 7) is 3.28. The van der Waals surface area contributed by atoms with E-state index in [1.807, 2.05) is 6.92 Å². The van der Waals surface area contributed by atoms with Crippen molar-refractivity contribution >= 4 is 29.1 Å². The van der Waals surface area contributed by atoms with E-state index >= 15 is 0 Å². The molecule has 1 heterocycles. The molecule has 2 aromatic rings. The molecule has 1 aliphatic heterocycles. The van der Waals surface area contributed by atoms with Crippen LogP contribution in [-0.2, 0) is 11.3 Å². The fourth-order valence-electron chi connectivity index (χ4n) is 3.12. The van der Waals surface area contributed by atoms with Crippen LogP contribution in [0.5, 0.6) is 0 Å². The monoisotopic (exact) mass is 374 g/mol. The summed E-state index contributed by atoms with van der Waals surface area (Å²) in [6, 6.07) is 11.2. The maximum absolute atomic E-state index is 13.4. The van der Waals surface area contributed by atoms with Crippen molar-refractivity contribution in [1.82, 2.24) is 4.90 Å². The Morgan fingerprint density at radius 1 is 1.27 bits per heavy atom. The molecule has 0 radical (unpaired) electrons. The summed E-state index contributed by atoms with van der Waals surface area (Å²) >= 11 is 6.25. The van der Waals surface area contributed by atoms with Gasteiger partial charge in [0.15, 0.2) is 0 Å². The first-order chi connectivity index (χ1) is 12.5. The SMILES string of the molecule is CCN(Cc1cccc(F)c1)C(=O)c1ccc(Cl)c(N2CCCC2=O)c1. The van der Waals surface area contributed by atoms with Crippen molar-refractivity contribution in [2.45, 2.75) is 26.3 Å². The summed E-state index contributed by atoms with van der Waals surface area (Å²) in [5.41, 5.74) is 1.76. The molecule has 0 saturated carbocycles. The molecule has 3 rings (SSSR count). The molecule has 6 heteroatoms. The van der Waals surface area contributed by atoms with Crippen LogP contribution in [0.4, 0.5) is 10.1 Å². The van der Waals surface area contributed by atoms with Gasteiger partial charge in [-0.3, -0.25) is 9.59 Å². The van der Waals surface area contributed by atoms with E-state index < -0.39 is 0 Å². The van der Waals surface area contributed by atoms with Crippen LogP contribution in [0.25, 0.3) is 0 Å². The van der Waals surface area contributed by atoms with Crippen LogP contribution in [0, 0.1) is 5.82 Å². The zero-order valence-corrected chi connectivity index (χ0v) is 15.3. The lowest BCUT2D eigenvalue weighted by atomic mass is 10.1. The Balaban J connectivity index is 1.84. The van der Waals surface area contributed by atoms with Crippen LogP contribution in [-0.4, -0.2) is 29.8 Å². The van der Waals surface area contributed by atoms with Gasteiger partial charge in [-0.05, 0) is 49.2 Å². The average molecular weight is 375 g/mol. The molecule has 136 valence electrons. The highest BCUT2D eigenvalue weighted by Gasteiger charge is 2.25. The van der Waals surface area contributed by atoms with Gasteiger partial charge in [-0.25, -0.2) is 4.39 Å². The Hall–Kier alpha value is -2.40. The standard InChI is InChI=1S/C20H20ClFN2O2/c1-2-23(13-14-5-3-6-16(22)11-14)20(26)15-8-9-17(21)18(12-15)24-10-4-7-19(24)25/h3,5-6,8-9,11-12H,2,4,7,10,13H2,1H3. The molecular formula is C20H20ClFN2O2. The van der Waals surface area contributed by atoms with E-state index in [1.54, 1.807) is 40.1 Å². The molecule has 0 atom stereocenters. The predicted octanol–water partition coefficient (Wildman–Crippen LogP) is 4.27. The van der Waals surface area contributed by atoms with Gasteiger partial charge in [0.05, 0.1) is 10.7 Å². The summed E-state index contributed by atoms with van der Waals surface area (Å²) in [5, 5.41) is 0.449. The van der Waals surface area contributed by atoms with E-state index in [0.29, 0.717) is 42.3 Å². The molecule has 0 aliphatic carbocycles. The molecule has 0 N–H and O–H groups in total. The quantitative estimate of drug-likeness (QED) is 0.784. The van der Waals surface area contributed by atoms with Gasteiger partial charge in [-0.15, -0.1) is 0 Å². The largest absolute Gasteiger partial charge is 0.335 e. The number of benzene rings is 2. The van der Waals surface area contributed by atoms with E-state index in [4.69, 9.17) is 11.6 Å². The Bertz CT molecular complexity index is 840. The maximum atomic E-state index is 13.4. The van der Waals surface area contributed by atoms with Crippen molar-refractivity contribution in [2.24, 2.45) is 0 Å². The van der Waals surface area contributed by atoms with Gasteiger partial charge in [0, 0.05) is 31.6 Å². The van der Waals surface area contributed by atoms with E-state index in [1.165, 1.54) is 12.1 Å². The van der Waals surface area contributed by atoms with Crippen molar-refractivity contribution < 1.29 is 14.0 Å². The summed E-state index contributed by atoms with van der Waals surface area (Å²) < 4.78 is 13.4. The number of halogens is 2. The molecule has 2 amide bonds. The first kappa shape index (κ1) is 18.4. The van der Waals surface area contributed by atoms with E-state index in [0.717, 1.165) is 12.0 Å². The normalized spacial score (nSPS) is 14.0. The number of nitrogens with zero attached hydrogens (tertiary/aromatic N) is 2. The molecule has 26 heavy (non-hydrogen) atoms. The number of carbonyl (C=O) groups excluding carboxylic acids is 2. The third kappa shape index (κ3) is 3.88. The highest BCUT2D eigenvalue weighted by Crippen LogP contribution is 2.31. The zero-order valence-electron chi connectivity index (χ0n) is 14.5. The van der Waals surface area contributed by atoms with E-state index in [-0.39, 0.29) is 17.6 Å². The number of hydrogen-bond donors (Lipinski definition) is 0. The maximum Gasteiger partial charge on any atom is 0.254 e. The molecular weight excluding hydrogens is 355 g/mol. The van der Waals surface area contributed by atoms with Gasteiger partial charge in [-0.2, -0.15) is 0 Å². The Morgan fingerprint density at radius 3 is 2.73 bits per heavy atom. The second kappa shape index (κ2) is 7.87. The van der Waals surface area contributed by atoms with E-state index in [9.17, 15) is 14.0 Å². The average Bonchev–Trinajstić information content (AvgIpc) is 3.05. The van der Waals surface area contributed by atoms with Crippen molar-refractivity contribution in [3.8, 4) is 0 Å². The molecule has 0 unspecified atom stereocenters. The van der Waals surface area contributed by atoms with Crippen molar-refractivity contribution in [3.05, 3.63) is 64.4 Å². The number of anilines is 1. The first-order valence-electron chi connectivity index (χ1n) is 8.63. The fraction of sp³-hybridized carbons (Fsp3) is 0.300. The van der Waals surface area contributed by atoms with Crippen LogP contribution in [0.1, 0.15) is 35.7 Å². The Morgan fingerprint density at radius 2 is 2.08 bits per heavy atom. The Labute approximate surface area is 157 Å². The predicted molar refractivity (Wildman–Crippen MR) is 99.9 cm³/mol. The van der Waals surface area contributed by atoms with Gasteiger partial charge < -0.3 is 9.80 Å². The highest BCUT2D eigenvalue weighted by atomic mass is 35.5. The van der Waals surface area contributed by atoms with E-state index in [2.05, 4.69) is 0 Å². The van der Waals surface area contributed by atoms with Crippen LogP contribution in [0.15, 0.2) is 42.5 Å². The van der Waals surface area contributed by atoms with Gasteiger partial charge in [-0.1, -0.05) is 23.7 Å². The molecule has 1 aliphatic rings. The lowest BCUT2D eigenvalue weighted by Gasteiger charge is -2.23. The topological polar surface area (TPSA) is 40.6 Å². The summed E-state index contributed by atoms with van der Waals surface area (Å²) in [4.78, 5) is 28.2. The van der Waals surface area contributed by atoms with Crippen molar-refractivity contribution in [1.29, 1.82) is 0 Å². The van der Waals surface area contributed by atoms with Crippen LogP contribution in [0.3, 0.4) is 0 Å². The van der Waals surface area contributed by atoms with Crippen molar-refractivity contribution in [2.75, 3.05) is 18.0 Å². The minimum atomic E-state index is -0.327. The minimum Gasteiger partial charge on any atom is -0.335 e. The molecule has 0 aromatic heterocycles. The molecule has 1 saturated heterocycles. The zero-order chi connectivity index (χ0) is 18.7. The number of carbonyl (C=O) groups is 2. The number of hydrogen-bond acceptors (Lipinski definition) is 2. The van der Waals surface area contributed by atoms with Gasteiger partial charge in [0.25, 0.3) is 5.91 Å². The third-order valence-corrected chi connectivity index (χ3v) is 4.81. The first-order valence-corrected chi connectivity index (χ1v) is 9.01. The van der Waals surface area contributed by atoms with Crippen molar-refractivity contribution in [3.63, 3.8) is 0 Å². The third-order valence-electron chi connectivity index (χ3n) is 4.49. The highest BCUT2D eigenvalue weighted by molar-refractivity contribution is 6.34. The number of amides is 2. The number of rotatable bonds is 5. The summed E-state index contributed by atoms with van der Waals surface area (Å²) in [6.07, 6.45) is 1.28. The molecule has 0 bridgehead atoms. The Kier molecular flexibility index (Phi) is 5.57. The molecule has 1 fully saturated rings. The molecule has 4 nitrogen and oxygen atoms in total. The summed E-state index contributed by atoms with van der Waals surface area (Å²) in [7, 11) is 0. The van der Waals surface area contributed by atoms with Gasteiger partial charge in [0.1, 0.15) is 5.82 Å². The minimum absolute atomic E-state index is 0.0172. The lowest BCUT2D eigenvalue weighted by Crippen LogP contribution is -2.31.